The Morgan fingerprint density at radius 2 is 1.97 bits per heavy atom. The van der Waals surface area contributed by atoms with Crippen LogP contribution in [0.4, 0.5) is 9.18 Å². The number of carbonyl (C=O) groups excluding carboxylic acids is 2. The third-order valence-electron chi connectivity index (χ3n) is 6.15. The molecule has 2 aliphatic heterocycles. The minimum absolute atomic E-state index is 0.141. The van der Waals surface area contributed by atoms with Crippen molar-refractivity contribution in [1.29, 1.82) is 5.26 Å². The molecular weight excluding hydrogens is 479 g/mol. The maximum atomic E-state index is 13.7. The fourth-order valence-corrected chi connectivity index (χ4v) is 4.32. The zero-order chi connectivity index (χ0) is 25.8. The summed E-state index contributed by atoms with van der Waals surface area (Å²) in [7, 11) is 0. The van der Waals surface area contributed by atoms with Crippen molar-refractivity contribution in [3.63, 3.8) is 0 Å². The maximum absolute atomic E-state index is 13.7. The van der Waals surface area contributed by atoms with E-state index in [1.165, 1.54) is 12.1 Å². The fraction of sp³-hybridized carbons (Fsp3) is 0.222. The molecule has 1 N–H and O–H groups in total. The van der Waals surface area contributed by atoms with Gasteiger partial charge in [-0.1, -0.05) is 18.2 Å². The van der Waals surface area contributed by atoms with Crippen molar-refractivity contribution in [2.75, 3.05) is 6.79 Å². The van der Waals surface area contributed by atoms with Gasteiger partial charge in [0, 0.05) is 18.1 Å². The van der Waals surface area contributed by atoms with Crippen molar-refractivity contribution >= 4 is 17.7 Å². The van der Waals surface area contributed by atoms with E-state index in [4.69, 9.17) is 19.5 Å². The second-order valence-electron chi connectivity index (χ2n) is 8.52. The number of benzene rings is 2. The molecule has 0 spiro atoms. The molecule has 37 heavy (non-hydrogen) atoms. The highest BCUT2D eigenvalue weighted by Gasteiger charge is 2.39. The van der Waals surface area contributed by atoms with E-state index in [0.29, 0.717) is 41.2 Å². The van der Waals surface area contributed by atoms with Crippen LogP contribution in [0.3, 0.4) is 0 Å². The summed E-state index contributed by atoms with van der Waals surface area (Å²) < 4.78 is 30.0. The molecule has 0 radical (unpaired) electrons. The lowest BCUT2D eigenvalue weighted by molar-refractivity contribution is -0.148. The Bertz CT molecular complexity index is 1420. The van der Waals surface area contributed by atoms with Gasteiger partial charge in [0.15, 0.2) is 11.5 Å². The Morgan fingerprint density at radius 1 is 1.14 bits per heavy atom. The monoisotopic (exact) mass is 500 g/mol. The fourth-order valence-electron chi connectivity index (χ4n) is 4.32. The average molecular weight is 500 g/mol. The van der Waals surface area contributed by atoms with Gasteiger partial charge in [0.2, 0.25) is 6.79 Å². The normalized spacial score (nSPS) is 17.9. The van der Waals surface area contributed by atoms with E-state index >= 15 is 0 Å². The van der Waals surface area contributed by atoms with Crippen LogP contribution in [0.25, 0.3) is 0 Å². The van der Waals surface area contributed by atoms with Crippen LogP contribution in [0.2, 0.25) is 0 Å². The maximum Gasteiger partial charge on any atom is 0.341 e. The third kappa shape index (κ3) is 5.26. The van der Waals surface area contributed by atoms with E-state index in [1.807, 2.05) is 18.2 Å². The molecule has 0 saturated carbocycles. The van der Waals surface area contributed by atoms with E-state index in [9.17, 15) is 14.0 Å². The SMILES string of the molecule is N#Cc1cc(COC(=O)C2C(CCc3ccc4c(c3)OCO4)=NC(=O)NC2c2cccnc2)ccc1F. The summed E-state index contributed by atoms with van der Waals surface area (Å²) in [4.78, 5) is 34.2. The number of pyridine rings is 1. The first kappa shape index (κ1) is 23.9. The number of urea groups is 1. The van der Waals surface area contributed by atoms with Gasteiger partial charge in [-0.15, -0.1) is 0 Å². The Hall–Kier alpha value is -4.78. The van der Waals surface area contributed by atoms with Crippen molar-refractivity contribution in [2.45, 2.75) is 25.5 Å². The smallest absolute Gasteiger partial charge is 0.341 e. The molecule has 10 heteroatoms. The van der Waals surface area contributed by atoms with Crippen LogP contribution in [-0.4, -0.2) is 29.5 Å². The van der Waals surface area contributed by atoms with Crippen LogP contribution in [0.1, 0.15) is 34.7 Å². The van der Waals surface area contributed by atoms with Crippen molar-refractivity contribution < 1.29 is 28.2 Å². The number of aryl methyl sites for hydroxylation is 1. The number of rotatable bonds is 7. The van der Waals surface area contributed by atoms with Crippen LogP contribution < -0.4 is 14.8 Å². The van der Waals surface area contributed by atoms with Gasteiger partial charge in [0.1, 0.15) is 24.4 Å². The summed E-state index contributed by atoms with van der Waals surface area (Å²) in [5.41, 5.74) is 2.25. The van der Waals surface area contributed by atoms with Crippen LogP contribution in [0.5, 0.6) is 11.5 Å². The van der Waals surface area contributed by atoms with Crippen molar-refractivity contribution in [1.82, 2.24) is 10.3 Å². The molecule has 0 fully saturated rings. The number of ether oxygens (including phenoxy) is 3. The number of nitriles is 1. The molecule has 3 heterocycles. The molecule has 5 rings (SSSR count). The number of nitrogens with one attached hydrogen (secondary N) is 1. The predicted octanol–water partition coefficient (Wildman–Crippen LogP) is 4.02. The largest absolute Gasteiger partial charge is 0.460 e. The first-order valence-corrected chi connectivity index (χ1v) is 11.5. The van der Waals surface area contributed by atoms with Crippen LogP contribution in [0.15, 0.2) is 65.9 Å². The van der Waals surface area contributed by atoms with Crippen LogP contribution >= 0.6 is 0 Å². The molecule has 1 aromatic heterocycles. The van der Waals surface area contributed by atoms with Gasteiger partial charge in [-0.25, -0.2) is 14.2 Å². The zero-order valence-corrected chi connectivity index (χ0v) is 19.5. The van der Waals surface area contributed by atoms with E-state index in [2.05, 4.69) is 15.3 Å². The van der Waals surface area contributed by atoms with Gasteiger partial charge in [-0.3, -0.25) is 9.78 Å². The van der Waals surface area contributed by atoms with Gasteiger partial charge >= 0.3 is 12.0 Å². The van der Waals surface area contributed by atoms with Crippen LogP contribution in [0, 0.1) is 23.1 Å². The number of esters is 1. The summed E-state index contributed by atoms with van der Waals surface area (Å²) in [5, 5.41) is 11.8. The predicted molar refractivity (Wildman–Crippen MR) is 128 cm³/mol. The molecule has 0 bridgehead atoms. The van der Waals surface area contributed by atoms with Gasteiger partial charge in [0.25, 0.3) is 0 Å². The number of aromatic nitrogens is 1. The molecule has 186 valence electrons. The van der Waals surface area contributed by atoms with Gasteiger partial charge in [0.05, 0.1) is 11.6 Å². The third-order valence-corrected chi connectivity index (χ3v) is 6.15. The number of aliphatic imine (C=N–C) groups is 1. The zero-order valence-electron chi connectivity index (χ0n) is 19.5. The summed E-state index contributed by atoms with van der Waals surface area (Å²) in [6, 6.07) is 13.4. The molecule has 2 aliphatic rings. The molecule has 0 aliphatic carbocycles. The lowest BCUT2D eigenvalue weighted by atomic mass is 9.86. The first-order chi connectivity index (χ1) is 18.0. The number of amides is 2. The summed E-state index contributed by atoms with van der Waals surface area (Å²) >= 11 is 0. The highest BCUT2D eigenvalue weighted by molar-refractivity contribution is 6.09. The molecule has 3 aromatic rings. The Kier molecular flexibility index (Phi) is 6.76. The highest BCUT2D eigenvalue weighted by Crippen LogP contribution is 2.34. The molecule has 9 nitrogen and oxygen atoms in total. The van der Waals surface area contributed by atoms with Crippen molar-refractivity contribution in [2.24, 2.45) is 10.9 Å². The summed E-state index contributed by atoms with van der Waals surface area (Å²) in [6.07, 6.45) is 3.98. The molecular formula is C27H21FN4O5. The van der Waals surface area contributed by atoms with E-state index in [1.54, 1.807) is 30.6 Å². The summed E-state index contributed by atoms with van der Waals surface area (Å²) in [5.74, 6) is -0.868. The van der Waals surface area contributed by atoms with E-state index in [0.717, 1.165) is 11.6 Å². The van der Waals surface area contributed by atoms with Crippen molar-refractivity contribution in [3.05, 3.63) is 89.0 Å². The minimum Gasteiger partial charge on any atom is -0.460 e. The van der Waals surface area contributed by atoms with Gasteiger partial charge in [-0.2, -0.15) is 5.26 Å². The Balaban J connectivity index is 1.38. The number of hydrogen-bond acceptors (Lipinski definition) is 7. The number of fused-ring (bicyclic) bond motifs is 1. The molecule has 2 amide bonds. The topological polar surface area (TPSA) is 123 Å². The second kappa shape index (κ2) is 10.5. The van der Waals surface area contributed by atoms with Crippen molar-refractivity contribution in [3.8, 4) is 17.6 Å². The standard InChI is InChI=1S/C27H21FN4O5/c28-20-6-3-17(10-19(20)12-29)14-35-26(33)24-21(7-4-16-5-8-22-23(11-16)37-15-36-22)31-27(34)32-25(24)18-2-1-9-30-13-18/h1-3,5-6,8-11,13,24-25H,4,7,14-15H2,(H,32,34). The van der Waals surface area contributed by atoms with Crippen LogP contribution in [-0.2, 0) is 22.6 Å². The van der Waals surface area contributed by atoms with Gasteiger partial charge < -0.3 is 19.5 Å². The highest BCUT2D eigenvalue weighted by atomic mass is 19.1. The molecule has 2 aromatic carbocycles. The molecule has 0 saturated heterocycles. The lowest BCUT2D eigenvalue weighted by Crippen LogP contribution is -2.45. The number of halogens is 1. The Morgan fingerprint density at radius 3 is 2.78 bits per heavy atom. The number of nitrogens with zero attached hydrogens (tertiary/aromatic N) is 3. The minimum atomic E-state index is -0.910. The van der Waals surface area contributed by atoms with E-state index < -0.39 is 29.8 Å². The average Bonchev–Trinajstić information content (AvgIpc) is 3.39. The van der Waals surface area contributed by atoms with E-state index in [-0.39, 0.29) is 19.0 Å². The number of carbonyl (C=O) groups is 2. The Labute approximate surface area is 211 Å². The number of hydrogen-bond donors (Lipinski definition) is 1. The molecule has 2 atom stereocenters. The molecule has 2 unspecified atom stereocenters. The lowest BCUT2D eigenvalue weighted by Gasteiger charge is -2.31. The second-order valence-corrected chi connectivity index (χ2v) is 8.52. The quantitative estimate of drug-likeness (QED) is 0.486. The van der Waals surface area contributed by atoms with Gasteiger partial charge in [-0.05, 0) is 59.9 Å². The first-order valence-electron chi connectivity index (χ1n) is 11.5. The summed E-state index contributed by atoms with van der Waals surface area (Å²) in [6.45, 7) is -0.0102.